The Bertz CT molecular complexity index is 1280. The smallest absolute Gasteiger partial charge is 0.189 e. The molecule has 4 aromatic rings. The van der Waals surface area contributed by atoms with Crippen LogP contribution in [0.5, 0.6) is 11.5 Å². The normalized spacial score (nSPS) is 11.3. The van der Waals surface area contributed by atoms with Crippen LogP contribution >= 0.6 is 11.8 Å². The molecule has 1 aromatic carbocycles. The molecule has 0 bridgehead atoms. The summed E-state index contributed by atoms with van der Waals surface area (Å²) in [5.41, 5.74) is 1.30. The van der Waals surface area contributed by atoms with Crippen molar-refractivity contribution >= 4 is 34.7 Å². The van der Waals surface area contributed by atoms with Crippen LogP contribution in [0.4, 0.5) is 8.78 Å². The van der Waals surface area contributed by atoms with Crippen molar-refractivity contribution < 1.29 is 23.0 Å². The van der Waals surface area contributed by atoms with Crippen molar-refractivity contribution in [2.24, 2.45) is 0 Å². The molecule has 0 saturated heterocycles. The molecular formula is C21H18F2N4O3S. The third kappa shape index (κ3) is 3.56. The standard InChI is InChI=1S/C21H18F2N4O3S/c1-29-14-8-15(30-2)18(23)16(17(14)22)13-7-11-9-24-21(31-3)26-19(11)27-10-12(5-4-6-28)25-20(13)27/h6-10H,4-5H2,1-3H3. The predicted molar refractivity (Wildman–Crippen MR) is 113 cm³/mol. The molecule has 7 nitrogen and oxygen atoms in total. The zero-order valence-corrected chi connectivity index (χ0v) is 17.8. The fraction of sp³-hybridized carbons (Fsp3) is 0.238. The van der Waals surface area contributed by atoms with Gasteiger partial charge in [0.1, 0.15) is 17.6 Å². The van der Waals surface area contributed by atoms with Crippen LogP contribution in [0.2, 0.25) is 0 Å². The first-order valence-electron chi connectivity index (χ1n) is 9.28. The van der Waals surface area contributed by atoms with Crippen LogP contribution in [0.15, 0.2) is 29.7 Å². The van der Waals surface area contributed by atoms with Gasteiger partial charge in [0, 0.05) is 35.8 Å². The van der Waals surface area contributed by atoms with Crippen molar-refractivity contribution in [1.82, 2.24) is 19.4 Å². The molecule has 0 atom stereocenters. The van der Waals surface area contributed by atoms with Crippen LogP contribution in [0, 0.1) is 11.6 Å². The van der Waals surface area contributed by atoms with E-state index in [0.29, 0.717) is 34.0 Å². The van der Waals surface area contributed by atoms with E-state index in [1.54, 1.807) is 22.9 Å². The van der Waals surface area contributed by atoms with E-state index in [4.69, 9.17) is 9.47 Å². The monoisotopic (exact) mass is 444 g/mol. The van der Waals surface area contributed by atoms with Gasteiger partial charge in [0.2, 0.25) is 0 Å². The van der Waals surface area contributed by atoms with Gasteiger partial charge in [-0.3, -0.25) is 4.40 Å². The lowest BCUT2D eigenvalue weighted by Crippen LogP contribution is -2.02. The van der Waals surface area contributed by atoms with Crippen molar-refractivity contribution in [1.29, 1.82) is 0 Å². The predicted octanol–water partition coefficient (Wildman–Crippen LogP) is 4.09. The SMILES string of the molecule is COc1cc(OC)c(F)c(-c2cc3cnc(SC)nc3n3cc(CCC=O)nc23)c1F. The molecule has 10 heteroatoms. The van der Waals surface area contributed by atoms with Crippen LogP contribution in [0.1, 0.15) is 12.1 Å². The first-order valence-corrected chi connectivity index (χ1v) is 10.5. The summed E-state index contributed by atoms with van der Waals surface area (Å²) in [7, 11) is 2.58. The highest BCUT2D eigenvalue weighted by Crippen LogP contribution is 2.40. The number of rotatable bonds is 7. The number of nitrogens with zero attached hydrogens (tertiary/aromatic N) is 4. The summed E-state index contributed by atoms with van der Waals surface area (Å²) in [5, 5.41) is 1.12. The van der Waals surface area contributed by atoms with Gasteiger partial charge in [-0.25, -0.2) is 23.7 Å². The largest absolute Gasteiger partial charge is 0.494 e. The molecule has 0 unspecified atom stereocenters. The third-order valence-electron chi connectivity index (χ3n) is 4.84. The second-order valence-corrected chi connectivity index (χ2v) is 7.38. The maximum atomic E-state index is 15.3. The molecule has 3 heterocycles. The molecular weight excluding hydrogens is 426 g/mol. The second kappa shape index (κ2) is 8.46. The highest BCUT2D eigenvalue weighted by atomic mass is 32.2. The molecule has 0 spiro atoms. The third-order valence-corrected chi connectivity index (χ3v) is 5.40. The van der Waals surface area contributed by atoms with Gasteiger partial charge >= 0.3 is 0 Å². The van der Waals surface area contributed by atoms with Gasteiger partial charge in [0.15, 0.2) is 28.3 Å². The highest BCUT2D eigenvalue weighted by molar-refractivity contribution is 7.98. The first-order chi connectivity index (χ1) is 15.0. The minimum atomic E-state index is -0.874. The summed E-state index contributed by atoms with van der Waals surface area (Å²) in [4.78, 5) is 24.2. The van der Waals surface area contributed by atoms with Crippen molar-refractivity contribution in [2.45, 2.75) is 18.0 Å². The van der Waals surface area contributed by atoms with E-state index in [-0.39, 0.29) is 29.0 Å². The van der Waals surface area contributed by atoms with Crippen LogP contribution in [-0.4, -0.2) is 46.1 Å². The topological polar surface area (TPSA) is 78.6 Å². The van der Waals surface area contributed by atoms with E-state index in [1.807, 2.05) is 6.26 Å². The van der Waals surface area contributed by atoms with Crippen molar-refractivity contribution in [3.05, 3.63) is 41.9 Å². The molecule has 160 valence electrons. The van der Waals surface area contributed by atoms with E-state index in [9.17, 15) is 4.79 Å². The summed E-state index contributed by atoms with van der Waals surface area (Å²) in [6.07, 6.45) is 6.62. The van der Waals surface area contributed by atoms with Gasteiger partial charge in [-0.15, -0.1) is 0 Å². The Morgan fingerprint density at radius 1 is 1.10 bits per heavy atom. The number of benzene rings is 1. The Morgan fingerprint density at radius 3 is 2.42 bits per heavy atom. The van der Waals surface area contributed by atoms with Crippen LogP contribution < -0.4 is 9.47 Å². The van der Waals surface area contributed by atoms with E-state index in [2.05, 4.69) is 15.0 Å². The number of carbonyl (C=O) groups excluding carboxylic acids is 1. The molecule has 3 aromatic heterocycles. The summed E-state index contributed by atoms with van der Waals surface area (Å²) in [5.74, 6) is -2.07. The van der Waals surface area contributed by atoms with Gasteiger partial charge in [-0.1, -0.05) is 11.8 Å². The number of halogens is 2. The quantitative estimate of drug-likeness (QED) is 0.241. The molecule has 0 radical (unpaired) electrons. The average Bonchev–Trinajstić information content (AvgIpc) is 3.22. The van der Waals surface area contributed by atoms with Gasteiger partial charge in [0.05, 0.1) is 25.5 Å². The fourth-order valence-electron chi connectivity index (χ4n) is 3.39. The number of carbonyl (C=O) groups is 1. The lowest BCUT2D eigenvalue weighted by Gasteiger charge is -2.14. The number of methoxy groups -OCH3 is 2. The number of thioether (sulfide) groups is 1. The number of aromatic nitrogens is 4. The molecule has 0 amide bonds. The van der Waals surface area contributed by atoms with E-state index < -0.39 is 11.6 Å². The number of pyridine rings is 1. The van der Waals surface area contributed by atoms with Crippen LogP contribution in [0.25, 0.3) is 27.8 Å². The Hall–Kier alpha value is -3.27. The van der Waals surface area contributed by atoms with E-state index >= 15 is 8.78 Å². The number of ether oxygens (including phenoxy) is 2. The molecule has 0 aliphatic heterocycles. The average molecular weight is 444 g/mol. The summed E-state index contributed by atoms with van der Waals surface area (Å²) in [6.45, 7) is 0. The van der Waals surface area contributed by atoms with Crippen LogP contribution in [-0.2, 0) is 11.2 Å². The zero-order valence-electron chi connectivity index (χ0n) is 17.0. The van der Waals surface area contributed by atoms with Gasteiger partial charge in [0.25, 0.3) is 0 Å². The number of hydrogen-bond acceptors (Lipinski definition) is 7. The maximum absolute atomic E-state index is 15.3. The number of fused-ring (bicyclic) bond motifs is 3. The van der Waals surface area contributed by atoms with E-state index in [1.165, 1.54) is 26.0 Å². The molecule has 0 N–H and O–H groups in total. The maximum Gasteiger partial charge on any atom is 0.189 e. The summed E-state index contributed by atoms with van der Waals surface area (Å²) >= 11 is 1.37. The Morgan fingerprint density at radius 2 is 1.81 bits per heavy atom. The molecule has 0 saturated carbocycles. The van der Waals surface area contributed by atoms with Gasteiger partial charge in [-0.05, 0) is 18.7 Å². The number of aldehydes is 1. The Balaban J connectivity index is 2.11. The minimum absolute atomic E-state index is 0.159. The number of aryl methyl sites for hydroxylation is 1. The van der Waals surface area contributed by atoms with Crippen LogP contribution in [0.3, 0.4) is 0 Å². The Kier molecular flexibility index (Phi) is 5.73. The van der Waals surface area contributed by atoms with Crippen molar-refractivity contribution in [3.8, 4) is 22.6 Å². The molecule has 0 fully saturated rings. The lowest BCUT2D eigenvalue weighted by atomic mass is 10.0. The highest BCUT2D eigenvalue weighted by Gasteiger charge is 2.25. The molecule has 0 aliphatic rings. The van der Waals surface area contributed by atoms with E-state index in [0.717, 1.165) is 12.4 Å². The zero-order chi connectivity index (χ0) is 22.1. The molecule has 31 heavy (non-hydrogen) atoms. The first kappa shape index (κ1) is 21.0. The lowest BCUT2D eigenvalue weighted by molar-refractivity contribution is -0.107. The fourth-order valence-corrected chi connectivity index (χ4v) is 3.73. The minimum Gasteiger partial charge on any atom is -0.494 e. The summed E-state index contributed by atoms with van der Waals surface area (Å²) in [6, 6.07) is 2.74. The molecule has 4 rings (SSSR count). The Labute approximate surface area is 180 Å². The summed E-state index contributed by atoms with van der Waals surface area (Å²) < 4.78 is 42.3. The number of hydrogen-bond donors (Lipinski definition) is 0. The van der Waals surface area contributed by atoms with Gasteiger partial charge in [-0.2, -0.15) is 0 Å². The van der Waals surface area contributed by atoms with Gasteiger partial charge < -0.3 is 14.3 Å². The number of imidazole rings is 1. The van der Waals surface area contributed by atoms with Crippen molar-refractivity contribution in [3.63, 3.8) is 0 Å². The molecule has 0 aliphatic carbocycles. The van der Waals surface area contributed by atoms with Crippen molar-refractivity contribution in [2.75, 3.05) is 20.5 Å². The second-order valence-electron chi connectivity index (χ2n) is 6.61.